The Bertz CT molecular complexity index is 812. The van der Waals surface area contributed by atoms with E-state index in [1.54, 1.807) is 24.3 Å². The molecule has 0 saturated carbocycles. The lowest BCUT2D eigenvalue weighted by Crippen LogP contribution is -2.20. The molecule has 2 rings (SSSR count). The molecule has 0 fully saturated rings. The molecular weight excluding hydrogens is 346 g/mol. The van der Waals surface area contributed by atoms with Gasteiger partial charge in [0.2, 0.25) is 0 Å². The van der Waals surface area contributed by atoms with Crippen molar-refractivity contribution < 1.29 is 23.8 Å². The molecule has 1 amide bonds. The number of hydrogen-bond acceptors (Lipinski definition) is 5. The number of carbonyl (C=O) groups is 2. The van der Waals surface area contributed by atoms with E-state index in [1.165, 1.54) is 25.9 Å². The van der Waals surface area contributed by atoms with Gasteiger partial charge < -0.3 is 19.5 Å². The summed E-state index contributed by atoms with van der Waals surface area (Å²) in [5.41, 5.74) is 2.50. The molecule has 0 bridgehead atoms. The minimum Gasteiger partial charge on any atom is -0.493 e. The van der Waals surface area contributed by atoms with Gasteiger partial charge in [0.05, 0.1) is 14.2 Å². The van der Waals surface area contributed by atoms with Crippen molar-refractivity contribution in [1.82, 2.24) is 0 Å². The SMILES string of the molecule is CCc1ccc(NC(=O)COC(=O)/C=C/c2cccc(OC)c2OC)cc1. The summed E-state index contributed by atoms with van der Waals surface area (Å²) in [5.74, 6) is 0.0371. The summed E-state index contributed by atoms with van der Waals surface area (Å²) in [4.78, 5) is 23.7. The maximum Gasteiger partial charge on any atom is 0.331 e. The second-order valence-electron chi connectivity index (χ2n) is 5.62. The van der Waals surface area contributed by atoms with Crippen molar-refractivity contribution in [2.45, 2.75) is 13.3 Å². The summed E-state index contributed by atoms with van der Waals surface area (Å²) >= 11 is 0. The third kappa shape index (κ3) is 5.88. The highest BCUT2D eigenvalue weighted by Gasteiger charge is 2.09. The number of esters is 1. The van der Waals surface area contributed by atoms with Gasteiger partial charge in [-0.05, 0) is 36.3 Å². The molecule has 0 aliphatic heterocycles. The van der Waals surface area contributed by atoms with Crippen LogP contribution in [0.2, 0.25) is 0 Å². The van der Waals surface area contributed by atoms with Gasteiger partial charge in [0, 0.05) is 17.3 Å². The van der Waals surface area contributed by atoms with Crippen molar-refractivity contribution in [2.24, 2.45) is 0 Å². The van der Waals surface area contributed by atoms with E-state index in [0.717, 1.165) is 6.42 Å². The Balaban J connectivity index is 1.88. The van der Waals surface area contributed by atoms with E-state index in [1.807, 2.05) is 24.3 Å². The minimum atomic E-state index is -0.628. The molecule has 0 aliphatic rings. The molecule has 27 heavy (non-hydrogen) atoms. The summed E-state index contributed by atoms with van der Waals surface area (Å²) in [7, 11) is 3.05. The Hall–Kier alpha value is -3.28. The van der Waals surface area contributed by atoms with Gasteiger partial charge in [-0.2, -0.15) is 0 Å². The van der Waals surface area contributed by atoms with Crippen LogP contribution in [-0.4, -0.2) is 32.7 Å². The Morgan fingerprint density at radius 1 is 1.04 bits per heavy atom. The van der Waals surface area contributed by atoms with Crippen molar-refractivity contribution in [2.75, 3.05) is 26.1 Å². The van der Waals surface area contributed by atoms with Gasteiger partial charge in [-0.25, -0.2) is 4.79 Å². The third-order valence-corrected chi connectivity index (χ3v) is 3.82. The molecule has 6 nitrogen and oxygen atoms in total. The van der Waals surface area contributed by atoms with Crippen LogP contribution >= 0.6 is 0 Å². The Labute approximate surface area is 158 Å². The number of ether oxygens (including phenoxy) is 3. The van der Waals surface area contributed by atoms with Gasteiger partial charge in [-0.3, -0.25) is 4.79 Å². The molecule has 0 radical (unpaired) electrons. The highest BCUT2D eigenvalue weighted by Crippen LogP contribution is 2.31. The largest absolute Gasteiger partial charge is 0.493 e. The molecule has 2 aromatic carbocycles. The van der Waals surface area contributed by atoms with Crippen LogP contribution in [0.4, 0.5) is 5.69 Å². The third-order valence-electron chi connectivity index (χ3n) is 3.82. The van der Waals surface area contributed by atoms with Crippen molar-refractivity contribution in [3.8, 4) is 11.5 Å². The number of benzene rings is 2. The van der Waals surface area contributed by atoms with Crippen molar-refractivity contribution in [3.05, 3.63) is 59.7 Å². The fourth-order valence-electron chi connectivity index (χ4n) is 2.41. The minimum absolute atomic E-state index is 0.367. The van der Waals surface area contributed by atoms with Crippen LogP contribution in [0.15, 0.2) is 48.5 Å². The normalized spacial score (nSPS) is 10.5. The van der Waals surface area contributed by atoms with Crippen molar-refractivity contribution in [1.29, 1.82) is 0 Å². The second kappa shape index (κ2) is 10.0. The van der Waals surface area contributed by atoms with E-state index in [0.29, 0.717) is 22.7 Å². The zero-order valence-electron chi connectivity index (χ0n) is 15.7. The lowest BCUT2D eigenvalue weighted by atomic mass is 10.1. The molecule has 0 saturated heterocycles. The van der Waals surface area contributed by atoms with Gasteiger partial charge in [-0.15, -0.1) is 0 Å². The number of amides is 1. The first-order valence-electron chi connectivity index (χ1n) is 8.52. The Kier molecular flexibility index (Phi) is 7.43. The molecule has 142 valence electrons. The summed E-state index contributed by atoms with van der Waals surface area (Å²) < 4.78 is 15.5. The van der Waals surface area contributed by atoms with Gasteiger partial charge in [0.1, 0.15) is 0 Å². The van der Waals surface area contributed by atoms with Crippen LogP contribution < -0.4 is 14.8 Å². The highest BCUT2D eigenvalue weighted by molar-refractivity contribution is 5.94. The molecular formula is C21H23NO5. The lowest BCUT2D eigenvalue weighted by molar-refractivity contribution is -0.142. The fourth-order valence-corrected chi connectivity index (χ4v) is 2.41. The first kappa shape index (κ1) is 20.0. The van der Waals surface area contributed by atoms with Crippen molar-refractivity contribution >= 4 is 23.6 Å². The first-order valence-corrected chi connectivity index (χ1v) is 8.52. The molecule has 6 heteroatoms. The predicted molar refractivity (Wildman–Crippen MR) is 104 cm³/mol. The van der Waals surface area contributed by atoms with Gasteiger partial charge in [-0.1, -0.05) is 31.2 Å². The molecule has 2 aromatic rings. The van der Waals surface area contributed by atoms with E-state index in [4.69, 9.17) is 14.2 Å². The standard InChI is InChI=1S/C21H23NO5/c1-4-15-8-11-17(12-9-15)22-19(23)14-27-20(24)13-10-16-6-5-7-18(25-2)21(16)26-3/h5-13H,4,14H2,1-3H3,(H,22,23)/b13-10+. The number of para-hydroxylation sites is 1. The van der Waals surface area contributed by atoms with Gasteiger partial charge in [0.25, 0.3) is 5.91 Å². The smallest absolute Gasteiger partial charge is 0.331 e. The van der Waals surface area contributed by atoms with E-state index < -0.39 is 11.9 Å². The number of aryl methyl sites for hydroxylation is 1. The molecule has 0 unspecified atom stereocenters. The van der Waals surface area contributed by atoms with E-state index in [9.17, 15) is 9.59 Å². The van der Waals surface area contributed by atoms with Gasteiger partial charge in [0.15, 0.2) is 18.1 Å². The maximum absolute atomic E-state index is 11.9. The van der Waals surface area contributed by atoms with E-state index in [-0.39, 0.29) is 6.61 Å². The molecule has 0 aliphatic carbocycles. The molecule has 0 aromatic heterocycles. The zero-order chi connectivity index (χ0) is 19.6. The van der Waals surface area contributed by atoms with Crippen LogP contribution in [-0.2, 0) is 20.7 Å². The Morgan fingerprint density at radius 2 is 1.78 bits per heavy atom. The van der Waals surface area contributed by atoms with E-state index >= 15 is 0 Å². The van der Waals surface area contributed by atoms with Crippen LogP contribution in [0.3, 0.4) is 0 Å². The monoisotopic (exact) mass is 369 g/mol. The lowest BCUT2D eigenvalue weighted by Gasteiger charge is -2.09. The summed E-state index contributed by atoms with van der Waals surface area (Å²) in [6.45, 7) is 1.69. The summed E-state index contributed by atoms with van der Waals surface area (Å²) in [6, 6.07) is 12.8. The number of rotatable bonds is 8. The van der Waals surface area contributed by atoms with Crippen LogP contribution in [0, 0.1) is 0 Å². The quantitative estimate of drug-likeness (QED) is 0.570. The fraction of sp³-hybridized carbons (Fsp3) is 0.238. The molecule has 0 heterocycles. The van der Waals surface area contributed by atoms with E-state index in [2.05, 4.69) is 12.2 Å². The predicted octanol–water partition coefficient (Wildman–Crippen LogP) is 3.46. The number of hydrogen-bond donors (Lipinski definition) is 1. The summed E-state index contributed by atoms with van der Waals surface area (Å²) in [6.07, 6.45) is 3.71. The van der Waals surface area contributed by atoms with Crippen LogP contribution in [0.5, 0.6) is 11.5 Å². The molecule has 1 N–H and O–H groups in total. The van der Waals surface area contributed by atoms with Crippen LogP contribution in [0.1, 0.15) is 18.1 Å². The average molecular weight is 369 g/mol. The topological polar surface area (TPSA) is 73.9 Å². The zero-order valence-corrected chi connectivity index (χ0v) is 15.7. The number of anilines is 1. The molecule has 0 atom stereocenters. The summed E-state index contributed by atoms with van der Waals surface area (Å²) in [5, 5.41) is 2.68. The van der Waals surface area contributed by atoms with Gasteiger partial charge >= 0.3 is 5.97 Å². The average Bonchev–Trinajstić information content (AvgIpc) is 2.70. The van der Waals surface area contributed by atoms with Crippen molar-refractivity contribution in [3.63, 3.8) is 0 Å². The van der Waals surface area contributed by atoms with Crippen LogP contribution in [0.25, 0.3) is 6.08 Å². The highest BCUT2D eigenvalue weighted by atomic mass is 16.5. The number of methoxy groups -OCH3 is 2. The number of carbonyl (C=O) groups excluding carboxylic acids is 2. The molecule has 0 spiro atoms. The maximum atomic E-state index is 11.9. The first-order chi connectivity index (χ1) is 13.1. The second-order valence-corrected chi connectivity index (χ2v) is 5.62. The number of nitrogens with one attached hydrogen (secondary N) is 1. The Morgan fingerprint density at radius 3 is 2.41 bits per heavy atom.